The number of carbonyl (C=O) groups is 2. The van der Waals surface area contributed by atoms with Crippen molar-refractivity contribution in [2.45, 2.75) is 38.8 Å². The van der Waals surface area contributed by atoms with Crippen molar-refractivity contribution >= 4 is 17.6 Å². The Balaban J connectivity index is 1.34. The number of ether oxygens (including phenoxy) is 1. The molecule has 2 amide bonds. The summed E-state index contributed by atoms with van der Waals surface area (Å²) >= 11 is 0. The third-order valence-corrected chi connectivity index (χ3v) is 6.25. The molecular formula is C24H25FN6O3. The molecule has 3 aromatic rings. The molecule has 9 nitrogen and oxygen atoms in total. The zero-order valence-electron chi connectivity index (χ0n) is 18.9. The Morgan fingerprint density at radius 1 is 1.15 bits per heavy atom. The summed E-state index contributed by atoms with van der Waals surface area (Å²) in [5, 5.41) is 11.1. The second-order valence-electron chi connectivity index (χ2n) is 8.47. The van der Waals surface area contributed by atoms with Crippen LogP contribution in [0, 0.1) is 5.82 Å². The Morgan fingerprint density at radius 2 is 2.03 bits per heavy atom. The van der Waals surface area contributed by atoms with Crippen molar-refractivity contribution in [2.24, 2.45) is 0 Å². The molecule has 10 heteroatoms. The number of nitrogens with zero attached hydrogens (tertiary/aromatic N) is 5. The van der Waals surface area contributed by atoms with Gasteiger partial charge in [0.25, 0.3) is 5.91 Å². The standard InChI is InChI=1S/C24H25FN6O3/c1-34-11-8-22(32)30-10-7-15-13-18(25)17(12-16(15)14-30)24(33)27-20-5-2-4-19(26-20)23-29-28-21-6-3-9-31(21)23/h2,4-5,12-13H,3,6-11,14H2,1H3,(H,26,27,33). The third kappa shape index (κ3) is 4.28. The van der Waals surface area contributed by atoms with E-state index >= 15 is 0 Å². The largest absolute Gasteiger partial charge is 0.384 e. The van der Waals surface area contributed by atoms with E-state index in [9.17, 15) is 14.0 Å². The summed E-state index contributed by atoms with van der Waals surface area (Å²) in [4.78, 5) is 31.5. The highest BCUT2D eigenvalue weighted by Gasteiger charge is 2.24. The van der Waals surface area contributed by atoms with Gasteiger partial charge in [0.05, 0.1) is 18.6 Å². The van der Waals surface area contributed by atoms with Crippen LogP contribution in [-0.2, 0) is 35.5 Å². The van der Waals surface area contributed by atoms with Gasteiger partial charge < -0.3 is 19.5 Å². The first-order valence-corrected chi connectivity index (χ1v) is 11.3. The van der Waals surface area contributed by atoms with Crippen LogP contribution in [-0.4, -0.2) is 56.7 Å². The van der Waals surface area contributed by atoms with E-state index in [2.05, 4.69) is 20.5 Å². The van der Waals surface area contributed by atoms with Gasteiger partial charge in [-0.25, -0.2) is 9.37 Å². The summed E-state index contributed by atoms with van der Waals surface area (Å²) in [7, 11) is 1.55. The molecule has 0 bridgehead atoms. The van der Waals surface area contributed by atoms with E-state index in [1.165, 1.54) is 12.1 Å². The minimum atomic E-state index is -0.598. The maximum absolute atomic E-state index is 14.8. The van der Waals surface area contributed by atoms with Gasteiger partial charge >= 0.3 is 0 Å². The summed E-state index contributed by atoms with van der Waals surface area (Å²) in [6.07, 6.45) is 2.73. The van der Waals surface area contributed by atoms with Crippen molar-refractivity contribution in [1.29, 1.82) is 0 Å². The first kappa shape index (κ1) is 22.1. The monoisotopic (exact) mass is 464 g/mol. The van der Waals surface area contributed by atoms with Crippen molar-refractivity contribution in [3.8, 4) is 11.5 Å². The molecule has 34 heavy (non-hydrogen) atoms. The first-order chi connectivity index (χ1) is 16.5. The van der Waals surface area contributed by atoms with E-state index in [1.807, 2.05) is 4.57 Å². The SMILES string of the molecule is COCCC(=O)N1CCc2cc(F)c(C(=O)Nc3cccc(-c4nnc5n4CCC5)n3)cc2C1. The number of hydrogen-bond donors (Lipinski definition) is 1. The molecule has 0 radical (unpaired) electrons. The van der Waals surface area contributed by atoms with Crippen LogP contribution in [0.2, 0.25) is 0 Å². The quantitative estimate of drug-likeness (QED) is 0.602. The number of methoxy groups -OCH3 is 1. The molecule has 176 valence electrons. The molecule has 0 unspecified atom stereocenters. The van der Waals surface area contributed by atoms with Gasteiger partial charge in [-0.05, 0) is 48.2 Å². The maximum Gasteiger partial charge on any atom is 0.259 e. The van der Waals surface area contributed by atoms with Crippen molar-refractivity contribution < 1.29 is 18.7 Å². The molecule has 5 rings (SSSR count). The molecule has 0 saturated heterocycles. The van der Waals surface area contributed by atoms with Crippen LogP contribution < -0.4 is 5.32 Å². The van der Waals surface area contributed by atoms with Crippen LogP contribution in [0.1, 0.15) is 40.2 Å². The smallest absolute Gasteiger partial charge is 0.259 e. The van der Waals surface area contributed by atoms with Crippen LogP contribution in [0.4, 0.5) is 10.2 Å². The van der Waals surface area contributed by atoms with E-state index in [0.717, 1.165) is 36.3 Å². The van der Waals surface area contributed by atoms with E-state index in [4.69, 9.17) is 4.74 Å². The van der Waals surface area contributed by atoms with Crippen LogP contribution >= 0.6 is 0 Å². The minimum absolute atomic E-state index is 0.0243. The fraction of sp³-hybridized carbons (Fsp3) is 0.375. The second kappa shape index (κ2) is 9.30. The Hall–Kier alpha value is -3.66. The number of aromatic nitrogens is 4. The molecule has 1 N–H and O–H groups in total. The number of hydrogen-bond acceptors (Lipinski definition) is 6. The van der Waals surface area contributed by atoms with Gasteiger partial charge in [-0.2, -0.15) is 0 Å². The molecular weight excluding hydrogens is 439 g/mol. The number of pyridine rings is 1. The van der Waals surface area contributed by atoms with Crippen LogP contribution in [0.5, 0.6) is 0 Å². The first-order valence-electron chi connectivity index (χ1n) is 11.3. The molecule has 2 aliphatic heterocycles. The highest BCUT2D eigenvalue weighted by Crippen LogP contribution is 2.25. The number of aryl methyl sites for hydroxylation is 1. The summed E-state index contributed by atoms with van der Waals surface area (Å²) < 4.78 is 21.8. The third-order valence-electron chi connectivity index (χ3n) is 6.25. The number of amides is 2. The molecule has 0 saturated carbocycles. The molecule has 0 spiro atoms. The molecule has 2 aromatic heterocycles. The Labute approximate surface area is 196 Å². The van der Waals surface area contributed by atoms with Gasteiger partial charge in [0, 0.05) is 33.2 Å². The predicted molar refractivity (Wildman–Crippen MR) is 122 cm³/mol. The van der Waals surface area contributed by atoms with Gasteiger partial charge in [-0.3, -0.25) is 9.59 Å². The van der Waals surface area contributed by atoms with Crippen molar-refractivity contribution in [3.63, 3.8) is 0 Å². The second-order valence-corrected chi connectivity index (χ2v) is 8.47. The predicted octanol–water partition coefficient (Wildman–Crippen LogP) is 2.60. The fourth-order valence-corrected chi connectivity index (χ4v) is 4.47. The zero-order chi connectivity index (χ0) is 23.7. The van der Waals surface area contributed by atoms with E-state index in [-0.39, 0.29) is 17.9 Å². The number of nitrogens with one attached hydrogen (secondary N) is 1. The molecule has 1 aromatic carbocycles. The summed E-state index contributed by atoms with van der Waals surface area (Å²) in [5.41, 5.74) is 2.09. The van der Waals surface area contributed by atoms with Gasteiger partial charge in [0.2, 0.25) is 5.91 Å². The van der Waals surface area contributed by atoms with E-state index in [1.54, 1.807) is 30.2 Å². The van der Waals surface area contributed by atoms with Crippen LogP contribution in [0.25, 0.3) is 11.5 Å². The van der Waals surface area contributed by atoms with Crippen LogP contribution in [0.15, 0.2) is 30.3 Å². The Kier molecular flexibility index (Phi) is 6.06. The van der Waals surface area contributed by atoms with Crippen molar-refractivity contribution in [2.75, 3.05) is 25.6 Å². The molecule has 2 aliphatic rings. The molecule has 0 aliphatic carbocycles. The highest BCUT2D eigenvalue weighted by molar-refractivity contribution is 6.04. The zero-order valence-corrected chi connectivity index (χ0v) is 18.9. The van der Waals surface area contributed by atoms with Gasteiger partial charge in [0.15, 0.2) is 5.82 Å². The number of carbonyl (C=O) groups excluding carboxylic acids is 2. The lowest BCUT2D eigenvalue weighted by Crippen LogP contribution is -2.36. The van der Waals surface area contributed by atoms with Crippen molar-refractivity contribution in [1.82, 2.24) is 24.6 Å². The number of rotatable bonds is 6. The summed E-state index contributed by atoms with van der Waals surface area (Å²) in [5.74, 6) is 0.662. The van der Waals surface area contributed by atoms with Gasteiger partial charge in [0.1, 0.15) is 23.2 Å². The Bertz CT molecular complexity index is 1260. The minimum Gasteiger partial charge on any atom is -0.384 e. The fourth-order valence-electron chi connectivity index (χ4n) is 4.47. The molecule has 4 heterocycles. The number of anilines is 1. The molecule has 0 fully saturated rings. The number of fused-ring (bicyclic) bond motifs is 2. The van der Waals surface area contributed by atoms with Gasteiger partial charge in [-0.15, -0.1) is 10.2 Å². The average Bonchev–Trinajstić information content (AvgIpc) is 3.46. The lowest BCUT2D eigenvalue weighted by atomic mass is 9.96. The van der Waals surface area contributed by atoms with Crippen LogP contribution in [0.3, 0.4) is 0 Å². The maximum atomic E-state index is 14.8. The number of benzene rings is 1. The van der Waals surface area contributed by atoms with E-state index < -0.39 is 11.7 Å². The summed E-state index contributed by atoms with van der Waals surface area (Å²) in [6, 6.07) is 8.14. The average molecular weight is 465 g/mol. The van der Waals surface area contributed by atoms with E-state index in [0.29, 0.717) is 43.5 Å². The topological polar surface area (TPSA) is 102 Å². The van der Waals surface area contributed by atoms with Gasteiger partial charge in [-0.1, -0.05) is 6.07 Å². The normalized spacial score (nSPS) is 14.6. The summed E-state index contributed by atoms with van der Waals surface area (Å²) in [6.45, 7) is 2.04. The Morgan fingerprint density at radius 3 is 2.88 bits per heavy atom. The molecule has 0 atom stereocenters. The highest BCUT2D eigenvalue weighted by atomic mass is 19.1. The lowest BCUT2D eigenvalue weighted by molar-refractivity contribution is -0.133. The lowest BCUT2D eigenvalue weighted by Gasteiger charge is -2.29. The van der Waals surface area contributed by atoms with Crippen molar-refractivity contribution in [3.05, 3.63) is 58.7 Å². The number of halogens is 1.